The van der Waals surface area contributed by atoms with Gasteiger partial charge in [0.1, 0.15) is 5.82 Å². The van der Waals surface area contributed by atoms with Crippen LogP contribution in [0.15, 0.2) is 23.6 Å². The quantitative estimate of drug-likeness (QED) is 0.708. The van der Waals surface area contributed by atoms with E-state index in [-0.39, 0.29) is 5.82 Å². The second-order valence-electron chi connectivity index (χ2n) is 4.51. The summed E-state index contributed by atoms with van der Waals surface area (Å²) in [5.74, 6) is -0.0935. The van der Waals surface area contributed by atoms with E-state index in [1.807, 2.05) is 6.07 Å². The van der Waals surface area contributed by atoms with Crippen LogP contribution >= 0.6 is 22.7 Å². The highest BCUT2D eigenvalue weighted by Gasteiger charge is 2.20. The molecule has 0 amide bonds. The highest BCUT2D eigenvalue weighted by atomic mass is 32.1. The Hall–Kier alpha value is -0.453. The molecule has 80 valence electrons. The second-order valence-corrected chi connectivity index (χ2v) is 11.9. The lowest BCUT2D eigenvalue weighted by Crippen LogP contribution is -2.34. The molecule has 4 heteroatoms. The fourth-order valence-corrected chi connectivity index (χ4v) is 5.13. The van der Waals surface area contributed by atoms with Gasteiger partial charge in [0.25, 0.3) is 0 Å². The van der Waals surface area contributed by atoms with E-state index >= 15 is 0 Å². The molecular weight excluding hydrogens is 243 g/mol. The van der Waals surface area contributed by atoms with Gasteiger partial charge in [0, 0.05) is 4.88 Å². The number of hydrogen-bond donors (Lipinski definition) is 0. The maximum Gasteiger partial charge on any atom is 0.142 e. The van der Waals surface area contributed by atoms with Crippen LogP contribution in [0.1, 0.15) is 0 Å². The Bertz CT molecular complexity index is 465. The minimum Gasteiger partial charge on any atom is -0.205 e. The summed E-state index contributed by atoms with van der Waals surface area (Å²) in [6.45, 7) is 6.94. The fraction of sp³-hybridized carbons (Fsp3) is 0.273. The number of thiophene rings is 2. The molecule has 0 saturated carbocycles. The highest BCUT2D eigenvalue weighted by Crippen LogP contribution is 2.31. The number of halogens is 1. The van der Waals surface area contributed by atoms with E-state index in [4.69, 9.17) is 0 Å². The van der Waals surface area contributed by atoms with Gasteiger partial charge in [0.15, 0.2) is 0 Å². The fourth-order valence-electron chi connectivity index (χ4n) is 1.33. The van der Waals surface area contributed by atoms with E-state index in [1.165, 1.54) is 21.9 Å². The molecule has 0 aromatic carbocycles. The molecule has 0 aliphatic carbocycles. The summed E-state index contributed by atoms with van der Waals surface area (Å²) in [4.78, 5) is 1.85. The van der Waals surface area contributed by atoms with Gasteiger partial charge in [-0.25, -0.2) is 4.39 Å². The van der Waals surface area contributed by atoms with Crippen LogP contribution in [0.3, 0.4) is 0 Å². The average molecular weight is 256 g/mol. The Labute approximate surface area is 98.4 Å². The summed E-state index contributed by atoms with van der Waals surface area (Å²) in [6.07, 6.45) is 0. The van der Waals surface area contributed by atoms with Gasteiger partial charge < -0.3 is 0 Å². The molecule has 2 aromatic heterocycles. The first kappa shape index (κ1) is 11.0. The molecule has 0 bridgehead atoms. The summed E-state index contributed by atoms with van der Waals surface area (Å²) < 4.78 is 14.8. The lowest BCUT2D eigenvalue weighted by Gasteiger charge is -2.12. The Morgan fingerprint density at radius 1 is 1.13 bits per heavy atom. The molecule has 0 spiro atoms. The van der Waals surface area contributed by atoms with Crippen LogP contribution in [-0.4, -0.2) is 8.07 Å². The molecule has 0 unspecified atom stereocenters. The molecular formula is C11H13FS2Si. The van der Waals surface area contributed by atoms with Crippen LogP contribution in [0.2, 0.25) is 19.6 Å². The van der Waals surface area contributed by atoms with Crippen LogP contribution < -0.4 is 4.50 Å². The van der Waals surface area contributed by atoms with Gasteiger partial charge >= 0.3 is 0 Å². The van der Waals surface area contributed by atoms with Crippen molar-refractivity contribution >= 4 is 35.2 Å². The van der Waals surface area contributed by atoms with Crippen molar-refractivity contribution in [3.05, 3.63) is 29.4 Å². The van der Waals surface area contributed by atoms with Crippen molar-refractivity contribution in [3.8, 4) is 9.75 Å². The normalized spacial score (nSPS) is 12.0. The molecule has 0 fully saturated rings. The van der Waals surface area contributed by atoms with Crippen molar-refractivity contribution in [2.24, 2.45) is 0 Å². The van der Waals surface area contributed by atoms with Crippen molar-refractivity contribution in [2.75, 3.05) is 0 Å². The van der Waals surface area contributed by atoms with Crippen molar-refractivity contribution in [2.45, 2.75) is 19.6 Å². The molecule has 0 atom stereocenters. The minimum absolute atomic E-state index is 0.0935. The standard InChI is InChI=1S/C11H13FS2Si/c1-15(2,3)10-5-4-9(14-10)11-8(12)6-7-13-11/h4-7H,1-3H3. The van der Waals surface area contributed by atoms with Crippen LogP contribution in [0.4, 0.5) is 4.39 Å². The van der Waals surface area contributed by atoms with Gasteiger partial charge in [-0.15, -0.1) is 22.7 Å². The Balaban J connectivity index is 2.41. The van der Waals surface area contributed by atoms with Crippen molar-refractivity contribution in [1.82, 2.24) is 0 Å². The predicted molar refractivity (Wildman–Crippen MR) is 70.6 cm³/mol. The zero-order valence-corrected chi connectivity index (χ0v) is 11.6. The summed E-state index contributed by atoms with van der Waals surface area (Å²) in [5.41, 5.74) is 0. The average Bonchev–Trinajstić information content (AvgIpc) is 2.69. The lowest BCUT2D eigenvalue weighted by atomic mass is 10.4. The lowest BCUT2D eigenvalue weighted by molar-refractivity contribution is 0.636. The maximum atomic E-state index is 13.4. The molecule has 15 heavy (non-hydrogen) atoms. The van der Waals surface area contributed by atoms with Gasteiger partial charge in [-0.2, -0.15) is 0 Å². The molecule has 0 radical (unpaired) electrons. The first-order valence-electron chi connectivity index (χ1n) is 4.82. The van der Waals surface area contributed by atoms with Gasteiger partial charge in [0.05, 0.1) is 13.0 Å². The maximum absolute atomic E-state index is 13.4. The first-order valence-corrected chi connectivity index (χ1v) is 10.0. The largest absolute Gasteiger partial charge is 0.205 e. The number of hydrogen-bond acceptors (Lipinski definition) is 2. The summed E-state index contributed by atoms with van der Waals surface area (Å²) in [5, 5.41) is 1.80. The summed E-state index contributed by atoms with van der Waals surface area (Å²) >= 11 is 3.22. The summed E-state index contributed by atoms with van der Waals surface area (Å²) in [7, 11) is -1.24. The minimum atomic E-state index is -1.24. The van der Waals surface area contributed by atoms with Crippen molar-refractivity contribution in [1.29, 1.82) is 0 Å². The Morgan fingerprint density at radius 2 is 1.87 bits per heavy atom. The zero-order valence-electron chi connectivity index (χ0n) is 9.00. The third-order valence-corrected chi connectivity index (χ3v) is 7.94. The van der Waals surface area contributed by atoms with E-state index in [1.54, 1.807) is 16.7 Å². The summed E-state index contributed by atoms with van der Waals surface area (Å²) in [6, 6.07) is 5.74. The highest BCUT2D eigenvalue weighted by molar-refractivity contribution is 7.30. The van der Waals surface area contributed by atoms with E-state index in [0.717, 1.165) is 9.75 Å². The predicted octanol–water partition coefficient (Wildman–Crippen LogP) is 4.16. The van der Waals surface area contributed by atoms with Crippen LogP contribution in [0.25, 0.3) is 9.75 Å². The third kappa shape index (κ3) is 2.22. The topological polar surface area (TPSA) is 0 Å². The third-order valence-electron chi connectivity index (χ3n) is 2.19. The SMILES string of the molecule is C[Si](C)(C)c1ccc(-c2sccc2F)s1. The van der Waals surface area contributed by atoms with Crippen LogP contribution in [-0.2, 0) is 0 Å². The smallest absolute Gasteiger partial charge is 0.142 e. The molecule has 0 N–H and O–H groups in total. The van der Waals surface area contributed by atoms with Crippen molar-refractivity contribution < 1.29 is 4.39 Å². The molecule has 0 aliphatic heterocycles. The Morgan fingerprint density at radius 3 is 2.33 bits per heavy atom. The van der Waals surface area contributed by atoms with E-state index in [2.05, 4.69) is 25.7 Å². The molecule has 0 nitrogen and oxygen atoms in total. The first-order chi connectivity index (χ1) is 6.98. The molecule has 0 aliphatic rings. The van der Waals surface area contributed by atoms with Crippen LogP contribution in [0, 0.1) is 5.82 Å². The number of rotatable bonds is 2. The zero-order chi connectivity index (χ0) is 11.1. The Kier molecular flexibility index (Phi) is 2.83. The van der Waals surface area contributed by atoms with E-state index in [0.29, 0.717) is 0 Å². The molecule has 2 aromatic rings. The van der Waals surface area contributed by atoms with Gasteiger partial charge in [0.2, 0.25) is 0 Å². The van der Waals surface area contributed by atoms with Gasteiger partial charge in [-0.1, -0.05) is 25.7 Å². The van der Waals surface area contributed by atoms with Crippen LogP contribution in [0.5, 0.6) is 0 Å². The molecule has 2 rings (SSSR count). The van der Waals surface area contributed by atoms with E-state index in [9.17, 15) is 4.39 Å². The monoisotopic (exact) mass is 256 g/mol. The molecule has 2 heterocycles. The van der Waals surface area contributed by atoms with Gasteiger partial charge in [-0.05, 0) is 22.0 Å². The second kappa shape index (κ2) is 3.85. The van der Waals surface area contributed by atoms with E-state index < -0.39 is 8.07 Å². The van der Waals surface area contributed by atoms with Crippen molar-refractivity contribution in [3.63, 3.8) is 0 Å². The van der Waals surface area contributed by atoms with Gasteiger partial charge in [-0.3, -0.25) is 0 Å². The molecule has 0 saturated heterocycles.